The molecule has 0 unspecified atom stereocenters. The number of hydrogen-bond acceptors (Lipinski definition) is 4. The summed E-state index contributed by atoms with van der Waals surface area (Å²) in [7, 11) is 0. The third-order valence-electron chi connectivity index (χ3n) is 4.47. The highest BCUT2D eigenvalue weighted by atomic mass is 16.3. The van der Waals surface area contributed by atoms with Crippen molar-refractivity contribution in [3.8, 4) is 0 Å². The highest BCUT2D eigenvalue weighted by Gasteiger charge is 2.27. The van der Waals surface area contributed by atoms with Crippen LogP contribution in [0.1, 0.15) is 44.0 Å². The van der Waals surface area contributed by atoms with Crippen LogP contribution in [0.2, 0.25) is 0 Å². The van der Waals surface area contributed by atoms with Crippen molar-refractivity contribution in [2.24, 2.45) is 0 Å². The van der Waals surface area contributed by atoms with E-state index in [1.54, 1.807) is 4.90 Å². The van der Waals surface area contributed by atoms with E-state index in [2.05, 4.69) is 10.4 Å². The summed E-state index contributed by atoms with van der Waals surface area (Å²) in [5.41, 5.74) is 2.10. The molecular weight excluding hydrogens is 308 g/mol. The number of aliphatic hydroxyl groups excluding tert-OH is 1. The SMILES string of the molecule is CC(=O)N[C@H]1CCN(C(=O)CCCn2nc(C)cc2C)CC[C@@H]1O. The van der Waals surface area contributed by atoms with Crippen molar-refractivity contribution in [1.82, 2.24) is 20.0 Å². The van der Waals surface area contributed by atoms with Crippen LogP contribution in [0.25, 0.3) is 0 Å². The van der Waals surface area contributed by atoms with E-state index in [1.807, 2.05) is 24.6 Å². The first-order valence-corrected chi connectivity index (χ1v) is 8.61. The number of carbonyl (C=O) groups excluding carboxylic acids is 2. The number of aromatic nitrogens is 2. The summed E-state index contributed by atoms with van der Waals surface area (Å²) in [5, 5.41) is 17.3. The number of aliphatic hydroxyl groups is 1. The molecule has 1 aromatic rings. The Morgan fingerprint density at radius 1 is 1.33 bits per heavy atom. The number of nitrogens with one attached hydrogen (secondary N) is 1. The highest BCUT2D eigenvalue weighted by molar-refractivity contribution is 5.76. The largest absolute Gasteiger partial charge is 0.391 e. The molecule has 0 saturated carbocycles. The second-order valence-electron chi connectivity index (χ2n) is 6.59. The molecule has 1 saturated heterocycles. The summed E-state index contributed by atoms with van der Waals surface area (Å²) in [5.74, 6) is -0.0454. The number of likely N-dealkylation sites (tertiary alicyclic amines) is 1. The highest BCUT2D eigenvalue weighted by Crippen LogP contribution is 2.14. The van der Waals surface area contributed by atoms with Crippen LogP contribution in [-0.4, -0.2) is 56.8 Å². The fraction of sp³-hybridized carbons (Fsp3) is 0.706. The first-order chi connectivity index (χ1) is 11.4. The average molecular weight is 336 g/mol. The quantitative estimate of drug-likeness (QED) is 0.831. The van der Waals surface area contributed by atoms with Crippen LogP contribution in [0.15, 0.2) is 6.07 Å². The van der Waals surface area contributed by atoms with Crippen LogP contribution in [0.3, 0.4) is 0 Å². The molecule has 2 rings (SSSR count). The molecule has 1 aliphatic rings. The molecule has 0 spiro atoms. The Kier molecular flexibility index (Phi) is 6.36. The zero-order valence-electron chi connectivity index (χ0n) is 14.8. The normalized spacial score (nSPS) is 21.4. The monoisotopic (exact) mass is 336 g/mol. The molecule has 2 atom stereocenters. The van der Waals surface area contributed by atoms with Crippen LogP contribution in [0.5, 0.6) is 0 Å². The molecular formula is C17H28N4O3. The van der Waals surface area contributed by atoms with Gasteiger partial charge >= 0.3 is 0 Å². The Hall–Kier alpha value is -1.89. The van der Waals surface area contributed by atoms with E-state index in [9.17, 15) is 14.7 Å². The van der Waals surface area contributed by atoms with E-state index < -0.39 is 6.10 Å². The lowest BCUT2D eigenvalue weighted by molar-refractivity contribution is -0.131. The van der Waals surface area contributed by atoms with Crippen LogP contribution < -0.4 is 5.32 Å². The van der Waals surface area contributed by atoms with Gasteiger partial charge < -0.3 is 15.3 Å². The molecule has 2 N–H and O–H groups in total. The molecule has 2 amide bonds. The second-order valence-corrected chi connectivity index (χ2v) is 6.59. The molecule has 7 heteroatoms. The van der Waals surface area contributed by atoms with Gasteiger partial charge in [-0.2, -0.15) is 5.10 Å². The van der Waals surface area contributed by atoms with Gasteiger partial charge in [-0.3, -0.25) is 14.3 Å². The predicted molar refractivity (Wildman–Crippen MR) is 90.4 cm³/mol. The summed E-state index contributed by atoms with van der Waals surface area (Å²) in [6, 6.07) is 1.76. The van der Waals surface area contributed by atoms with E-state index in [-0.39, 0.29) is 17.9 Å². The third-order valence-corrected chi connectivity index (χ3v) is 4.47. The molecule has 1 aliphatic heterocycles. The lowest BCUT2D eigenvalue weighted by Crippen LogP contribution is -2.42. The molecule has 1 fully saturated rings. The third kappa shape index (κ3) is 5.06. The average Bonchev–Trinajstić information content (AvgIpc) is 2.71. The fourth-order valence-electron chi connectivity index (χ4n) is 3.21. The number of hydrogen-bond donors (Lipinski definition) is 2. The van der Waals surface area contributed by atoms with E-state index in [1.165, 1.54) is 6.92 Å². The molecule has 0 radical (unpaired) electrons. The van der Waals surface area contributed by atoms with Crippen LogP contribution in [0, 0.1) is 13.8 Å². The van der Waals surface area contributed by atoms with Crippen molar-refractivity contribution < 1.29 is 14.7 Å². The minimum Gasteiger partial charge on any atom is -0.391 e. The smallest absolute Gasteiger partial charge is 0.222 e. The van der Waals surface area contributed by atoms with Gasteiger partial charge in [0.1, 0.15) is 0 Å². The maximum absolute atomic E-state index is 12.4. The first kappa shape index (κ1) is 18.4. The van der Waals surface area contributed by atoms with Gasteiger partial charge in [0.05, 0.1) is 17.8 Å². The number of aryl methyl sites for hydroxylation is 3. The van der Waals surface area contributed by atoms with E-state index in [0.717, 1.165) is 24.4 Å². The maximum atomic E-state index is 12.4. The molecule has 0 aromatic carbocycles. The van der Waals surface area contributed by atoms with E-state index in [0.29, 0.717) is 32.4 Å². The van der Waals surface area contributed by atoms with Gasteiger partial charge in [0, 0.05) is 38.7 Å². The summed E-state index contributed by atoms with van der Waals surface area (Å²) in [6.45, 7) is 7.26. The van der Waals surface area contributed by atoms with Crippen molar-refractivity contribution in [3.63, 3.8) is 0 Å². The lowest BCUT2D eigenvalue weighted by Gasteiger charge is -2.21. The van der Waals surface area contributed by atoms with Gasteiger partial charge in [0.2, 0.25) is 11.8 Å². The van der Waals surface area contributed by atoms with Crippen molar-refractivity contribution >= 4 is 11.8 Å². The number of carbonyl (C=O) groups is 2. The Morgan fingerprint density at radius 3 is 2.67 bits per heavy atom. The molecule has 2 heterocycles. The zero-order valence-corrected chi connectivity index (χ0v) is 14.8. The van der Waals surface area contributed by atoms with Crippen molar-refractivity contribution in [2.45, 2.75) is 65.1 Å². The predicted octanol–water partition coefficient (Wildman–Crippen LogP) is 0.768. The number of nitrogens with zero attached hydrogens (tertiary/aromatic N) is 3. The number of rotatable bonds is 5. The Bertz CT molecular complexity index is 584. The summed E-state index contributed by atoms with van der Waals surface area (Å²) >= 11 is 0. The van der Waals surface area contributed by atoms with Crippen molar-refractivity contribution in [1.29, 1.82) is 0 Å². The molecule has 0 aliphatic carbocycles. The van der Waals surface area contributed by atoms with Gasteiger partial charge in [-0.1, -0.05) is 0 Å². The fourth-order valence-corrected chi connectivity index (χ4v) is 3.21. The lowest BCUT2D eigenvalue weighted by atomic mass is 10.1. The Morgan fingerprint density at radius 2 is 2.04 bits per heavy atom. The first-order valence-electron chi connectivity index (χ1n) is 8.61. The van der Waals surface area contributed by atoms with Crippen LogP contribution in [0.4, 0.5) is 0 Å². The molecule has 24 heavy (non-hydrogen) atoms. The maximum Gasteiger partial charge on any atom is 0.222 e. The topological polar surface area (TPSA) is 87.5 Å². The summed E-state index contributed by atoms with van der Waals surface area (Å²) < 4.78 is 1.93. The van der Waals surface area contributed by atoms with Gasteiger partial charge in [0.15, 0.2) is 0 Å². The summed E-state index contributed by atoms with van der Waals surface area (Å²) in [6.07, 6.45) is 1.70. The van der Waals surface area contributed by atoms with Crippen LogP contribution in [-0.2, 0) is 16.1 Å². The molecule has 134 valence electrons. The van der Waals surface area contributed by atoms with Gasteiger partial charge in [-0.25, -0.2) is 0 Å². The molecule has 1 aromatic heterocycles. The summed E-state index contributed by atoms with van der Waals surface area (Å²) in [4.78, 5) is 25.4. The van der Waals surface area contributed by atoms with Gasteiger partial charge in [-0.15, -0.1) is 0 Å². The van der Waals surface area contributed by atoms with E-state index in [4.69, 9.17) is 0 Å². The second kappa shape index (κ2) is 8.28. The zero-order chi connectivity index (χ0) is 17.7. The molecule has 0 bridgehead atoms. The van der Waals surface area contributed by atoms with E-state index >= 15 is 0 Å². The van der Waals surface area contributed by atoms with Gasteiger partial charge in [0.25, 0.3) is 0 Å². The Labute approximate surface area is 143 Å². The van der Waals surface area contributed by atoms with Crippen molar-refractivity contribution in [3.05, 3.63) is 17.5 Å². The van der Waals surface area contributed by atoms with Crippen molar-refractivity contribution in [2.75, 3.05) is 13.1 Å². The van der Waals surface area contributed by atoms with Crippen LogP contribution >= 0.6 is 0 Å². The standard InChI is InChI=1S/C17H28N4O3/c1-12-11-13(2)21(19-12)8-4-5-17(24)20-9-6-15(18-14(3)22)16(23)7-10-20/h11,15-16,23H,4-10H2,1-3H3,(H,18,22)/t15-,16-/m0/s1. The van der Waals surface area contributed by atoms with Gasteiger partial charge in [-0.05, 0) is 39.2 Å². The Balaban J connectivity index is 1.80. The minimum absolute atomic E-state index is 0.104. The number of amides is 2. The minimum atomic E-state index is -0.596. The molecule has 7 nitrogen and oxygen atoms in total.